The Morgan fingerprint density at radius 2 is 2.00 bits per heavy atom. The van der Waals surface area contributed by atoms with Crippen LogP contribution in [0.4, 0.5) is 4.79 Å². The highest BCUT2D eigenvalue weighted by molar-refractivity contribution is 7.90. The van der Waals surface area contributed by atoms with Crippen LogP contribution in [0.3, 0.4) is 0 Å². The van der Waals surface area contributed by atoms with Gasteiger partial charge in [0, 0.05) is 24.9 Å². The molecule has 2 aliphatic rings. The van der Waals surface area contributed by atoms with Crippen molar-refractivity contribution in [3.05, 3.63) is 0 Å². The van der Waals surface area contributed by atoms with E-state index in [1.807, 2.05) is 4.90 Å². The van der Waals surface area contributed by atoms with E-state index in [0.29, 0.717) is 12.0 Å². The molecule has 0 spiro atoms. The number of likely N-dealkylation sites (tertiary alicyclic amines) is 1. The van der Waals surface area contributed by atoms with Gasteiger partial charge in [-0.25, -0.2) is 13.2 Å². The van der Waals surface area contributed by atoms with Crippen molar-refractivity contribution in [2.75, 3.05) is 18.6 Å². The number of fused-ring (bicyclic) bond motifs is 1. The number of nitrogens with zero attached hydrogens (tertiary/aromatic N) is 1. The lowest BCUT2D eigenvalue weighted by Gasteiger charge is -2.38. The SMILES string of the molecule is C[C@H](CS(C)(=O)=O)NC(=O)N1CCC[C@@H]2CCC[C@@H]21. The predicted octanol–water partition coefficient (Wildman–Crippen LogP) is 1.39. The summed E-state index contributed by atoms with van der Waals surface area (Å²) in [5.41, 5.74) is 0. The summed E-state index contributed by atoms with van der Waals surface area (Å²) >= 11 is 0. The molecule has 19 heavy (non-hydrogen) atoms. The normalized spacial score (nSPS) is 28.8. The third-order valence-electron chi connectivity index (χ3n) is 4.18. The fraction of sp³-hybridized carbons (Fsp3) is 0.923. The largest absolute Gasteiger partial charge is 0.335 e. The number of rotatable bonds is 3. The van der Waals surface area contributed by atoms with E-state index in [0.717, 1.165) is 19.4 Å². The molecule has 1 aliphatic heterocycles. The van der Waals surface area contributed by atoms with Gasteiger partial charge in [0.25, 0.3) is 0 Å². The Labute approximate surface area is 115 Å². The maximum absolute atomic E-state index is 12.3. The van der Waals surface area contributed by atoms with Gasteiger partial charge in [0.2, 0.25) is 0 Å². The van der Waals surface area contributed by atoms with Gasteiger partial charge >= 0.3 is 6.03 Å². The summed E-state index contributed by atoms with van der Waals surface area (Å²) in [6.07, 6.45) is 7.02. The summed E-state index contributed by atoms with van der Waals surface area (Å²) < 4.78 is 22.4. The van der Waals surface area contributed by atoms with Gasteiger partial charge in [-0.3, -0.25) is 0 Å². The van der Waals surface area contributed by atoms with Gasteiger partial charge < -0.3 is 10.2 Å². The Balaban J connectivity index is 1.92. The number of urea groups is 1. The van der Waals surface area contributed by atoms with Crippen LogP contribution in [0, 0.1) is 5.92 Å². The Morgan fingerprint density at radius 3 is 2.68 bits per heavy atom. The van der Waals surface area contributed by atoms with E-state index in [4.69, 9.17) is 0 Å². The van der Waals surface area contributed by atoms with Crippen molar-refractivity contribution in [3.63, 3.8) is 0 Å². The van der Waals surface area contributed by atoms with Gasteiger partial charge in [-0.2, -0.15) is 0 Å². The quantitative estimate of drug-likeness (QED) is 0.853. The van der Waals surface area contributed by atoms with Crippen molar-refractivity contribution in [1.82, 2.24) is 10.2 Å². The van der Waals surface area contributed by atoms with Gasteiger partial charge in [-0.15, -0.1) is 0 Å². The summed E-state index contributed by atoms with van der Waals surface area (Å²) in [5, 5.41) is 2.83. The average molecular weight is 288 g/mol. The second-order valence-electron chi connectivity index (χ2n) is 6.04. The minimum Gasteiger partial charge on any atom is -0.335 e. The molecule has 0 aromatic rings. The molecule has 110 valence electrons. The van der Waals surface area contributed by atoms with E-state index in [1.54, 1.807) is 6.92 Å². The number of sulfone groups is 1. The highest BCUT2D eigenvalue weighted by Crippen LogP contribution is 2.36. The van der Waals surface area contributed by atoms with E-state index < -0.39 is 9.84 Å². The number of carbonyl (C=O) groups is 1. The molecular formula is C13H24N2O3S. The van der Waals surface area contributed by atoms with Crippen LogP contribution < -0.4 is 5.32 Å². The fourth-order valence-corrected chi connectivity index (χ4v) is 4.49. The van der Waals surface area contributed by atoms with Crippen LogP contribution in [0.25, 0.3) is 0 Å². The molecule has 0 bridgehead atoms. The lowest BCUT2D eigenvalue weighted by atomic mass is 9.92. The van der Waals surface area contributed by atoms with Crippen molar-refractivity contribution in [2.24, 2.45) is 5.92 Å². The highest BCUT2D eigenvalue weighted by atomic mass is 32.2. The number of hydrogen-bond acceptors (Lipinski definition) is 3. The van der Waals surface area contributed by atoms with Crippen molar-refractivity contribution in [1.29, 1.82) is 0 Å². The molecule has 1 saturated heterocycles. The first-order valence-electron chi connectivity index (χ1n) is 7.11. The van der Waals surface area contributed by atoms with Crippen LogP contribution in [0.2, 0.25) is 0 Å². The zero-order valence-corrected chi connectivity index (χ0v) is 12.6. The third-order valence-corrected chi connectivity index (χ3v) is 5.28. The van der Waals surface area contributed by atoms with Crippen LogP contribution in [-0.2, 0) is 9.84 Å². The molecule has 5 nitrogen and oxygen atoms in total. The summed E-state index contributed by atoms with van der Waals surface area (Å²) in [5.74, 6) is 0.658. The molecule has 0 aromatic heterocycles. The first-order chi connectivity index (χ1) is 8.87. The van der Waals surface area contributed by atoms with Gasteiger partial charge in [0.05, 0.1) is 5.75 Å². The Morgan fingerprint density at radius 1 is 1.32 bits per heavy atom. The minimum absolute atomic E-state index is 0.000670. The average Bonchev–Trinajstić information content (AvgIpc) is 2.73. The minimum atomic E-state index is -3.05. The Hall–Kier alpha value is -0.780. The van der Waals surface area contributed by atoms with Crippen LogP contribution in [0.1, 0.15) is 39.0 Å². The molecule has 1 aliphatic carbocycles. The zero-order valence-electron chi connectivity index (χ0n) is 11.8. The third kappa shape index (κ3) is 3.84. The first kappa shape index (κ1) is 14.6. The highest BCUT2D eigenvalue weighted by Gasteiger charge is 2.37. The molecule has 3 atom stereocenters. The number of carbonyl (C=O) groups excluding carboxylic acids is 1. The van der Waals surface area contributed by atoms with Crippen LogP contribution in [0.5, 0.6) is 0 Å². The summed E-state index contributed by atoms with van der Waals surface area (Å²) in [4.78, 5) is 14.2. The molecule has 2 rings (SSSR count). The number of nitrogens with one attached hydrogen (secondary N) is 1. The van der Waals surface area contributed by atoms with Crippen LogP contribution >= 0.6 is 0 Å². The van der Waals surface area contributed by atoms with E-state index in [-0.39, 0.29) is 17.8 Å². The van der Waals surface area contributed by atoms with E-state index in [2.05, 4.69) is 5.32 Å². The molecule has 0 unspecified atom stereocenters. The maximum atomic E-state index is 12.3. The maximum Gasteiger partial charge on any atom is 0.317 e. The lowest BCUT2D eigenvalue weighted by molar-refractivity contribution is 0.127. The molecule has 1 saturated carbocycles. The second-order valence-corrected chi connectivity index (χ2v) is 8.22. The Bertz CT molecular complexity index is 435. The number of hydrogen-bond donors (Lipinski definition) is 1. The van der Waals surface area contributed by atoms with Crippen molar-refractivity contribution >= 4 is 15.9 Å². The van der Waals surface area contributed by atoms with Crippen molar-refractivity contribution < 1.29 is 13.2 Å². The number of amides is 2. The standard InChI is InChI=1S/C13H24N2O3S/c1-10(9-19(2,17)18)14-13(16)15-8-4-6-11-5-3-7-12(11)15/h10-12H,3-9H2,1-2H3,(H,14,16)/t10-,11+,12+/m1/s1. The van der Waals surface area contributed by atoms with Crippen molar-refractivity contribution in [3.8, 4) is 0 Å². The van der Waals surface area contributed by atoms with E-state index in [1.165, 1.54) is 25.5 Å². The topological polar surface area (TPSA) is 66.5 Å². The van der Waals surface area contributed by atoms with E-state index in [9.17, 15) is 13.2 Å². The number of piperidine rings is 1. The molecule has 6 heteroatoms. The molecule has 1 heterocycles. The summed E-state index contributed by atoms with van der Waals surface area (Å²) in [6, 6.07) is -0.0452. The van der Waals surface area contributed by atoms with Crippen LogP contribution in [-0.4, -0.2) is 50.0 Å². The monoisotopic (exact) mass is 288 g/mol. The summed E-state index contributed by atoms with van der Waals surface area (Å²) in [6.45, 7) is 2.55. The van der Waals surface area contributed by atoms with Crippen molar-refractivity contribution in [2.45, 2.75) is 51.1 Å². The Kier molecular flexibility index (Phi) is 4.38. The van der Waals surface area contributed by atoms with Crippen LogP contribution in [0.15, 0.2) is 0 Å². The summed E-state index contributed by atoms with van der Waals surface area (Å²) in [7, 11) is -3.05. The lowest BCUT2D eigenvalue weighted by Crippen LogP contribution is -2.53. The molecule has 2 amide bonds. The van der Waals surface area contributed by atoms with Gasteiger partial charge in [0.15, 0.2) is 0 Å². The van der Waals surface area contributed by atoms with Gasteiger partial charge in [0.1, 0.15) is 9.84 Å². The molecule has 0 radical (unpaired) electrons. The zero-order chi connectivity index (χ0) is 14.0. The van der Waals surface area contributed by atoms with E-state index >= 15 is 0 Å². The first-order valence-corrected chi connectivity index (χ1v) is 9.18. The second kappa shape index (κ2) is 5.69. The smallest absolute Gasteiger partial charge is 0.317 e. The van der Waals surface area contributed by atoms with Gasteiger partial charge in [-0.05, 0) is 38.5 Å². The molecule has 0 aromatic carbocycles. The fourth-order valence-electron chi connectivity index (χ4n) is 3.50. The van der Waals surface area contributed by atoms with Gasteiger partial charge in [-0.1, -0.05) is 6.42 Å². The predicted molar refractivity (Wildman–Crippen MR) is 74.8 cm³/mol. The molecular weight excluding hydrogens is 264 g/mol. The molecule has 2 fully saturated rings. The molecule has 1 N–H and O–H groups in total.